The molecule has 0 spiro atoms. The lowest BCUT2D eigenvalue weighted by atomic mass is 10.1. The van der Waals surface area contributed by atoms with E-state index in [1.165, 1.54) is 36.5 Å². The lowest BCUT2D eigenvalue weighted by molar-refractivity contribution is -0.593. The van der Waals surface area contributed by atoms with Gasteiger partial charge in [0.15, 0.2) is 6.20 Å². The predicted octanol–water partition coefficient (Wildman–Crippen LogP) is 2.00. The molecule has 0 saturated heterocycles. The third-order valence-electron chi connectivity index (χ3n) is 2.20. The maximum absolute atomic E-state index is 12.7. The zero-order valence-electron chi connectivity index (χ0n) is 8.22. The zero-order chi connectivity index (χ0) is 11.5. The first-order chi connectivity index (χ1) is 7.72. The van der Waals surface area contributed by atoms with Gasteiger partial charge in [0.25, 0.3) is 0 Å². The van der Waals surface area contributed by atoms with Crippen LogP contribution in [0.4, 0.5) is 4.39 Å². The van der Waals surface area contributed by atoms with Crippen LogP contribution in [-0.2, 0) is 0 Å². The van der Waals surface area contributed by atoms with Gasteiger partial charge in [0, 0.05) is 11.6 Å². The Bertz CT molecular complexity index is 558. The molecule has 0 amide bonds. The van der Waals surface area contributed by atoms with Crippen LogP contribution in [0.3, 0.4) is 0 Å². The molecule has 0 N–H and O–H groups in total. The van der Waals surface area contributed by atoms with Gasteiger partial charge in [0.2, 0.25) is 5.69 Å². The van der Waals surface area contributed by atoms with Crippen molar-refractivity contribution in [1.29, 1.82) is 5.26 Å². The van der Waals surface area contributed by atoms with Crippen molar-refractivity contribution < 1.29 is 9.12 Å². The number of hydrogen-bond donors (Lipinski definition) is 0. The van der Waals surface area contributed by atoms with E-state index in [9.17, 15) is 9.60 Å². The van der Waals surface area contributed by atoms with Gasteiger partial charge in [-0.05, 0) is 30.3 Å². The monoisotopic (exact) mass is 214 g/mol. The molecule has 4 heteroatoms. The Morgan fingerprint density at radius 2 is 1.88 bits per heavy atom. The lowest BCUT2D eigenvalue weighted by Gasteiger charge is -2.05. The largest absolute Gasteiger partial charge is 0.618 e. The predicted molar refractivity (Wildman–Crippen MR) is 55.5 cm³/mol. The average Bonchev–Trinajstić information content (AvgIpc) is 2.30. The fourth-order valence-electron chi connectivity index (χ4n) is 1.47. The van der Waals surface area contributed by atoms with Crippen molar-refractivity contribution in [3.05, 3.63) is 59.2 Å². The molecule has 16 heavy (non-hydrogen) atoms. The van der Waals surface area contributed by atoms with Gasteiger partial charge in [0.1, 0.15) is 17.4 Å². The van der Waals surface area contributed by atoms with Crippen LogP contribution in [0, 0.1) is 22.4 Å². The zero-order valence-corrected chi connectivity index (χ0v) is 8.22. The van der Waals surface area contributed by atoms with Gasteiger partial charge in [-0.2, -0.15) is 9.99 Å². The molecule has 0 aliphatic carbocycles. The number of hydrogen-bond acceptors (Lipinski definition) is 2. The molecule has 0 fully saturated rings. The van der Waals surface area contributed by atoms with Gasteiger partial charge in [-0.1, -0.05) is 0 Å². The number of nitrogens with zero attached hydrogens (tertiary/aromatic N) is 2. The highest BCUT2D eigenvalue weighted by molar-refractivity contribution is 5.63. The number of nitriles is 1. The molecule has 1 aromatic carbocycles. The van der Waals surface area contributed by atoms with Crippen LogP contribution in [0.2, 0.25) is 0 Å². The number of halogens is 1. The summed E-state index contributed by atoms with van der Waals surface area (Å²) in [6, 6.07) is 10.4. The molecule has 3 nitrogen and oxygen atoms in total. The smallest absolute Gasteiger partial charge is 0.241 e. The van der Waals surface area contributed by atoms with Crippen molar-refractivity contribution in [2.24, 2.45) is 0 Å². The Morgan fingerprint density at radius 1 is 1.19 bits per heavy atom. The van der Waals surface area contributed by atoms with Gasteiger partial charge in [0.05, 0.1) is 0 Å². The minimum Gasteiger partial charge on any atom is -0.618 e. The topological polar surface area (TPSA) is 50.7 Å². The second-order valence-electron chi connectivity index (χ2n) is 3.21. The van der Waals surface area contributed by atoms with E-state index in [-0.39, 0.29) is 17.1 Å². The molecule has 1 heterocycles. The Morgan fingerprint density at radius 3 is 2.50 bits per heavy atom. The van der Waals surface area contributed by atoms with Crippen LogP contribution in [0.1, 0.15) is 5.56 Å². The highest BCUT2D eigenvalue weighted by Gasteiger charge is 2.14. The van der Waals surface area contributed by atoms with Crippen LogP contribution in [0.5, 0.6) is 0 Å². The van der Waals surface area contributed by atoms with Crippen LogP contribution < -0.4 is 4.73 Å². The van der Waals surface area contributed by atoms with E-state index in [1.54, 1.807) is 6.07 Å². The summed E-state index contributed by atoms with van der Waals surface area (Å²) < 4.78 is 13.3. The Balaban J connectivity index is 2.64. The van der Waals surface area contributed by atoms with Crippen LogP contribution in [-0.4, -0.2) is 0 Å². The van der Waals surface area contributed by atoms with E-state index in [4.69, 9.17) is 5.26 Å². The molecule has 2 aromatic rings. The van der Waals surface area contributed by atoms with Crippen molar-refractivity contribution in [2.75, 3.05) is 0 Å². The van der Waals surface area contributed by atoms with Crippen LogP contribution in [0.15, 0.2) is 42.6 Å². The van der Waals surface area contributed by atoms with Gasteiger partial charge in [-0.25, -0.2) is 4.39 Å². The molecule has 0 saturated carbocycles. The summed E-state index contributed by atoms with van der Waals surface area (Å²) in [7, 11) is 0. The average molecular weight is 214 g/mol. The maximum Gasteiger partial charge on any atom is 0.241 e. The molecule has 0 aliphatic rings. The summed E-state index contributed by atoms with van der Waals surface area (Å²) in [4.78, 5) is 0. The van der Waals surface area contributed by atoms with Crippen LogP contribution >= 0.6 is 0 Å². The minimum absolute atomic E-state index is 0.241. The van der Waals surface area contributed by atoms with Crippen molar-refractivity contribution in [1.82, 2.24) is 0 Å². The Kier molecular flexibility index (Phi) is 2.52. The number of benzene rings is 1. The first-order valence-corrected chi connectivity index (χ1v) is 4.60. The molecular formula is C12H7FN2O. The van der Waals surface area contributed by atoms with Crippen LogP contribution in [0.25, 0.3) is 11.3 Å². The summed E-state index contributed by atoms with van der Waals surface area (Å²) in [5.41, 5.74) is 1.03. The summed E-state index contributed by atoms with van der Waals surface area (Å²) in [6.45, 7) is 0. The lowest BCUT2D eigenvalue weighted by Crippen LogP contribution is -2.29. The Hall–Kier alpha value is -2.41. The number of pyridine rings is 1. The summed E-state index contributed by atoms with van der Waals surface area (Å²) in [5, 5.41) is 20.4. The number of aromatic nitrogens is 1. The summed E-state index contributed by atoms with van der Waals surface area (Å²) in [5.74, 6) is -0.379. The second kappa shape index (κ2) is 3.99. The highest BCUT2D eigenvalue weighted by Crippen LogP contribution is 2.19. The minimum atomic E-state index is -0.379. The summed E-state index contributed by atoms with van der Waals surface area (Å²) >= 11 is 0. The van der Waals surface area contributed by atoms with Gasteiger partial charge in [-0.15, -0.1) is 0 Å². The van der Waals surface area contributed by atoms with E-state index >= 15 is 0 Å². The fraction of sp³-hybridized carbons (Fsp3) is 0. The van der Waals surface area contributed by atoms with Crippen molar-refractivity contribution in [3.8, 4) is 17.3 Å². The Labute approximate surface area is 91.6 Å². The first kappa shape index (κ1) is 10.1. The fourth-order valence-corrected chi connectivity index (χ4v) is 1.47. The molecule has 0 bridgehead atoms. The van der Waals surface area contributed by atoms with E-state index < -0.39 is 0 Å². The van der Waals surface area contributed by atoms with Crippen molar-refractivity contribution in [3.63, 3.8) is 0 Å². The van der Waals surface area contributed by atoms with Gasteiger partial charge >= 0.3 is 0 Å². The van der Waals surface area contributed by atoms with Gasteiger partial charge < -0.3 is 5.21 Å². The van der Waals surface area contributed by atoms with E-state index in [1.807, 2.05) is 6.07 Å². The summed E-state index contributed by atoms with van der Waals surface area (Å²) in [6.07, 6.45) is 1.31. The SMILES string of the molecule is N#Cc1ccc[n+]([O-])c1-c1ccc(F)cc1. The quantitative estimate of drug-likeness (QED) is 0.538. The molecule has 0 unspecified atom stereocenters. The van der Waals surface area contributed by atoms with E-state index in [0.717, 1.165) is 0 Å². The molecule has 0 aliphatic heterocycles. The number of rotatable bonds is 1. The van der Waals surface area contributed by atoms with Crippen molar-refractivity contribution in [2.45, 2.75) is 0 Å². The third-order valence-corrected chi connectivity index (χ3v) is 2.20. The van der Waals surface area contributed by atoms with E-state index in [2.05, 4.69) is 0 Å². The normalized spacial score (nSPS) is 9.75. The van der Waals surface area contributed by atoms with Crippen molar-refractivity contribution >= 4 is 0 Å². The maximum atomic E-state index is 12.7. The highest BCUT2D eigenvalue weighted by atomic mass is 19.1. The van der Waals surface area contributed by atoms with Gasteiger partial charge in [-0.3, -0.25) is 0 Å². The molecule has 1 aromatic heterocycles. The molecule has 0 atom stereocenters. The third kappa shape index (κ3) is 1.71. The molecule has 0 radical (unpaired) electrons. The standard InChI is InChI=1S/C12H7FN2O/c13-11-5-3-9(4-6-11)12-10(8-14)2-1-7-15(12)16/h1-7H. The second-order valence-corrected chi connectivity index (χ2v) is 3.21. The molecular weight excluding hydrogens is 207 g/mol. The first-order valence-electron chi connectivity index (χ1n) is 4.60. The van der Waals surface area contributed by atoms with E-state index in [0.29, 0.717) is 10.3 Å². The molecule has 2 rings (SSSR count). The molecule has 78 valence electrons.